The van der Waals surface area contributed by atoms with Crippen molar-refractivity contribution in [1.82, 2.24) is 24.6 Å². The third-order valence-corrected chi connectivity index (χ3v) is 8.23. The number of imidazole rings is 1. The number of anilines is 1. The maximum Gasteiger partial charge on any atom is 0.459 e. The summed E-state index contributed by atoms with van der Waals surface area (Å²) in [4.78, 5) is 23.3. The number of carbonyl (C=O) groups is 1. The van der Waals surface area contributed by atoms with Gasteiger partial charge in [0.2, 0.25) is 0 Å². The third kappa shape index (κ3) is 6.52. The molecule has 1 aliphatic rings. The van der Waals surface area contributed by atoms with E-state index in [2.05, 4.69) is 26.0 Å². The SMILES string of the molecule is C#C[C@]1(CO[P@@](=O)(N[C@@H](Cc2cc(F)cc(F)c2)C(=O)O)Oc2ccccc2)O[C@@H](n2cnc3c(N)nc(F)nc32)C[C@@H]1O. The molecule has 5 rings (SSSR count). The highest BCUT2D eigenvalue weighted by Crippen LogP contribution is 2.48. The Morgan fingerprint density at radius 3 is 2.61 bits per heavy atom. The van der Waals surface area contributed by atoms with E-state index in [1.807, 2.05) is 0 Å². The first-order valence-electron chi connectivity index (χ1n) is 12.8. The van der Waals surface area contributed by atoms with E-state index in [4.69, 9.17) is 25.9 Å². The second-order valence-electron chi connectivity index (χ2n) is 9.74. The number of carboxylic acids is 1. The van der Waals surface area contributed by atoms with Crippen LogP contribution in [0.3, 0.4) is 0 Å². The molecule has 2 aromatic carbocycles. The van der Waals surface area contributed by atoms with Crippen LogP contribution in [-0.2, 0) is 25.0 Å². The number of para-hydroxylation sites is 1. The van der Waals surface area contributed by atoms with Gasteiger partial charge in [0.05, 0.1) is 6.33 Å². The van der Waals surface area contributed by atoms with E-state index in [1.165, 1.54) is 23.0 Å². The average molecular weight is 632 g/mol. The molecule has 0 aliphatic carbocycles. The van der Waals surface area contributed by atoms with Crippen LogP contribution in [0.5, 0.6) is 5.75 Å². The van der Waals surface area contributed by atoms with E-state index in [0.717, 1.165) is 12.1 Å². The van der Waals surface area contributed by atoms with E-state index in [1.54, 1.807) is 18.2 Å². The molecule has 1 aliphatic heterocycles. The maximum absolute atomic E-state index is 14.0. The topological polar surface area (TPSA) is 184 Å². The molecule has 0 amide bonds. The minimum absolute atomic E-state index is 0.00831. The lowest BCUT2D eigenvalue weighted by Crippen LogP contribution is -2.44. The van der Waals surface area contributed by atoms with E-state index in [0.29, 0.717) is 6.07 Å². The van der Waals surface area contributed by atoms with Crippen LogP contribution in [0.25, 0.3) is 11.2 Å². The van der Waals surface area contributed by atoms with E-state index in [9.17, 15) is 32.7 Å². The Morgan fingerprint density at radius 2 is 1.95 bits per heavy atom. The largest absolute Gasteiger partial charge is 0.480 e. The third-order valence-electron chi connectivity index (χ3n) is 6.68. The molecule has 44 heavy (non-hydrogen) atoms. The number of terminal acetylenes is 1. The van der Waals surface area contributed by atoms with Gasteiger partial charge in [-0.25, -0.2) is 18.3 Å². The molecule has 0 radical (unpaired) electrons. The van der Waals surface area contributed by atoms with Crippen molar-refractivity contribution >= 4 is 30.7 Å². The summed E-state index contributed by atoms with van der Waals surface area (Å²) in [5, 5.41) is 23.1. The molecular weight excluding hydrogens is 608 g/mol. The predicted molar refractivity (Wildman–Crippen MR) is 147 cm³/mol. The normalized spacial score (nSPS) is 21.9. The second kappa shape index (κ2) is 12.2. The molecule has 13 nitrogen and oxygen atoms in total. The molecule has 0 bridgehead atoms. The van der Waals surface area contributed by atoms with Crippen molar-refractivity contribution in [2.75, 3.05) is 12.3 Å². The fourth-order valence-corrected chi connectivity index (χ4v) is 6.10. The van der Waals surface area contributed by atoms with Crippen molar-refractivity contribution in [3.8, 4) is 18.1 Å². The Labute approximate surface area is 247 Å². The Hall–Kier alpha value is -4.52. The second-order valence-corrected chi connectivity index (χ2v) is 11.4. The van der Waals surface area contributed by atoms with Crippen molar-refractivity contribution in [1.29, 1.82) is 0 Å². The summed E-state index contributed by atoms with van der Waals surface area (Å²) in [5.74, 6) is -1.35. The van der Waals surface area contributed by atoms with Crippen LogP contribution in [0.15, 0.2) is 54.9 Å². The van der Waals surface area contributed by atoms with Gasteiger partial charge in [-0.15, -0.1) is 6.42 Å². The van der Waals surface area contributed by atoms with Crippen LogP contribution in [0, 0.1) is 30.1 Å². The number of carboxylic acid groups (broad SMARTS) is 1. The number of hydrogen-bond acceptors (Lipinski definition) is 10. The highest BCUT2D eigenvalue weighted by molar-refractivity contribution is 7.52. The fourth-order valence-electron chi connectivity index (χ4n) is 4.58. The van der Waals surface area contributed by atoms with Gasteiger partial charge in [-0.3, -0.25) is 13.9 Å². The Balaban J connectivity index is 1.41. The predicted octanol–water partition coefficient (Wildman–Crippen LogP) is 2.97. The maximum atomic E-state index is 14.0. The number of nitrogens with zero attached hydrogens (tertiary/aromatic N) is 4. The molecule has 1 fully saturated rings. The molecule has 5 N–H and O–H groups in total. The number of aliphatic hydroxyl groups excluding tert-OH is 1. The fraction of sp³-hybridized carbons (Fsp3) is 0.259. The summed E-state index contributed by atoms with van der Waals surface area (Å²) in [6.07, 6.45) is 2.63. The van der Waals surface area contributed by atoms with Gasteiger partial charge in [0, 0.05) is 12.5 Å². The summed E-state index contributed by atoms with van der Waals surface area (Å²) in [6.45, 7) is -0.794. The molecule has 3 heterocycles. The first-order valence-corrected chi connectivity index (χ1v) is 14.4. The number of aliphatic hydroxyl groups is 1. The zero-order valence-electron chi connectivity index (χ0n) is 22.5. The molecule has 5 atom stereocenters. The highest BCUT2D eigenvalue weighted by Gasteiger charge is 2.50. The molecule has 4 aromatic rings. The first-order chi connectivity index (χ1) is 20.9. The molecule has 0 unspecified atom stereocenters. The summed E-state index contributed by atoms with van der Waals surface area (Å²) in [5.41, 5.74) is 3.72. The van der Waals surface area contributed by atoms with Gasteiger partial charge in [-0.1, -0.05) is 24.1 Å². The lowest BCUT2D eigenvalue weighted by molar-refractivity contribution is -0.139. The number of nitrogens with two attached hydrogens (primary N) is 1. The number of aliphatic carboxylic acids is 1. The molecule has 0 spiro atoms. The monoisotopic (exact) mass is 632 g/mol. The summed E-state index contributed by atoms with van der Waals surface area (Å²) < 4.78 is 73.8. The van der Waals surface area contributed by atoms with Gasteiger partial charge >= 0.3 is 19.8 Å². The minimum Gasteiger partial charge on any atom is -0.480 e. The average Bonchev–Trinajstić information content (AvgIpc) is 3.52. The molecule has 0 saturated carbocycles. The van der Waals surface area contributed by atoms with E-state index in [-0.39, 0.29) is 34.7 Å². The van der Waals surface area contributed by atoms with E-state index >= 15 is 0 Å². The lowest BCUT2D eigenvalue weighted by atomic mass is 9.99. The molecule has 2 aromatic heterocycles. The van der Waals surface area contributed by atoms with Gasteiger partial charge in [-0.2, -0.15) is 19.4 Å². The van der Waals surface area contributed by atoms with Crippen molar-refractivity contribution in [3.63, 3.8) is 0 Å². The number of nitrogen functional groups attached to an aromatic ring is 1. The van der Waals surface area contributed by atoms with Crippen molar-refractivity contribution in [2.45, 2.75) is 36.8 Å². The van der Waals surface area contributed by atoms with Crippen LogP contribution in [0.4, 0.5) is 19.0 Å². The molecule has 17 heteroatoms. The molecular formula is C27H24F3N6O7P. The van der Waals surface area contributed by atoms with E-state index < -0.39 is 68.4 Å². The number of aromatic nitrogens is 4. The summed E-state index contributed by atoms with van der Waals surface area (Å²) in [6, 6.07) is 8.31. The Morgan fingerprint density at radius 1 is 1.25 bits per heavy atom. The summed E-state index contributed by atoms with van der Waals surface area (Å²) >= 11 is 0. The zero-order chi connectivity index (χ0) is 31.6. The van der Waals surface area contributed by atoms with Crippen molar-refractivity contribution < 1.29 is 46.5 Å². The van der Waals surface area contributed by atoms with Crippen molar-refractivity contribution in [3.05, 3.63) is 78.1 Å². The number of ether oxygens (including phenoxy) is 1. The van der Waals surface area contributed by atoms with Gasteiger partial charge < -0.3 is 25.2 Å². The van der Waals surface area contributed by atoms with Crippen molar-refractivity contribution in [2.24, 2.45) is 0 Å². The number of halogens is 3. The number of nitrogens with one attached hydrogen (secondary N) is 1. The number of benzene rings is 2. The first kappa shape index (κ1) is 30.9. The Bertz CT molecular complexity index is 1770. The smallest absolute Gasteiger partial charge is 0.459 e. The van der Waals surface area contributed by atoms with Crippen LogP contribution < -0.4 is 15.3 Å². The van der Waals surface area contributed by atoms with Crippen LogP contribution in [0.2, 0.25) is 0 Å². The summed E-state index contributed by atoms with van der Waals surface area (Å²) in [7, 11) is -4.69. The standard InChI is InChI=1S/C27H24F3N6O7P/c1-2-27(20(37)12-21(42-27)36-14-32-22-23(31)33-26(30)34-24(22)36)13-41-44(40,43-18-6-4-3-5-7-18)35-19(25(38)39)10-15-8-16(28)11-17(29)9-15/h1,3-9,11,14,19-21,37H,10,12-13H2,(H,35,40)(H,38,39)(H2,31,33,34)/t19-,20-,21+,27+,44-/m0/s1. The Kier molecular flexibility index (Phi) is 8.60. The molecule has 1 saturated heterocycles. The zero-order valence-corrected chi connectivity index (χ0v) is 23.4. The van der Waals surface area contributed by atoms with Gasteiger partial charge in [-0.05, 0) is 36.2 Å². The minimum atomic E-state index is -4.69. The number of hydrogen-bond donors (Lipinski definition) is 4. The quantitative estimate of drug-likeness (QED) is 0.108. The van der Waals surface area contributed by atoms with Gasteiger partial charge in [0.25, 0.3) is 0 Å². The van der Waals surface area contributed by atoms with Gasteiger partial charge in [0.15, 0.2) is 22.6 Å². The van der Waals surface area contributed by atoms with Crippen LogP contribution >= 0.6 is 7.75 Å². The van der Waals surface area contributed by atoms with Crippen LogP contribution in [-0.4, -0.2) is 60.1 Å². The number of fused-ring (bicyclic) bond motifs is 1. The lowest BCUT2D eigenvalue weighted by Gasteiger charge is -2.30. The van der Waals surface area contributed by atoms with Crippen LogP contribution in [0.1, 0.15) is 18.2 Å². The highest BCUT2D eigenvalue weighted by atomic mass is 31.2. The number of rotatable bonds is 11. The van der Waals surface area contributed by atoms with Gasteiger partial charge in [0.1, 0.15) is 42.4 Å². The molecule has 230 valence electrons.